The molecule has 2 heterocycles. The number of nitrogens with zero attached hydrogens (tertiary/aromatic N) is 2. The average molecular weight is 467 g/mol. The van der Waals surface area contributed by atoms with Crippen molar-refractivity contribution in [2.24, 2.45) is 0 Å². The molecule has 0 atom stereocenters. The lowest BCUT2D eigenvalue weighted by Gasteiger charge is -2.31. The number of fused-ring (bicyclic) bond motifs is 1. The van der Waals surface area contributed by atoms with Crippen LogP contribution >= 0.6 is 12.2 Å². The Morgan fingerprint density at radius 3 is 2.79 bits per heavy atom. The smallest absolute Gasteiger partial charge is 0.253 e. The van der Waals surface area contributed by atoms with Crippen LogP contribution in [0.2, 0.25) is 0 Å². The van der Waals surface area contributed by atoms with Gasteiger partial charge in [0.15, 0.2) is 5.11 Å². The Bertz CT molecular complexity index is 1170. The van der Waals surface area contributed by atoms with Gasteiger partial charge in [0.1, 0.15) is 5.75 Å². The van der Waals surface area contributed by atoms with E-state index in [0.29, 0.717) is 29.5 Å². The Hall–Kier alpha value is -2.94. The summed E-state index contributed by atoms with van der Waals surface area (Å²) in [6.07, 6.45) is 0. The third-order valence-corrected chi connectivity index (χ3v) is 6.31. The van der Waals surface area contributed by atoms with Gasteiger partial charge < -0.3 is 24.7 Å². The number of para-hydroxylation sites is 3. The molecule has 0 amide bonds. The van der Waals surface area contributed by atoms with E-state index < -0.39 is 0 Å². The van der Waals surface area contributed by atoms with E-state index in [1.165, 1.54) is 0 Å². The van der Waals surface area contributed by atoms with Crippen molar-refractivity contribution in [1.82, 2.24) is 14.8 Å². The number of anilines is 1. The number of aromatic amines is 1. The number of hydrogen-bond acceptors (Lipinski definition) is 5. The van der Waals surface area contributed by atoms with E-state index in [1.807, 2.05) is 60.4 Å². The lowest BCUT2D eigenvalue weighted by Crippen LogP contribution is -2.44. The van der Waals surface area contributed by atoms with Crippen LogP contribution in [0.1, 0.15) is 11.1 Å². The van der Waals surface area contributed by atoms with Gasteiger partial charge in [-0.3, -0.25) is 9.69 Å². The number of rotatable bonds is 7. The summed E-state index contributed by atoms with van der Waals surface area (Å²) >= 11 is 5.79. The van der Waals surface area contributed by atoms with E-state index in [9.17, 15) is 4.79 Å². The summed E-state index contributed by atoms with van der Waals surface area (Å²) in [5, 5.41) is 4.88. The number of aryl methyl sites for hydroxylation is 1. The third-order valence-electron chi connectivity index (χ3n) is 5.95. The van der Waals surface area contributed by atoms with Gasteiger partial charge in [0.2, 0.25) is 0 Å². The van der Waals surface area contributed by atoms with E-state index in [4.69, 9.17) is 21.7 Å². The number of nitrogens with one attached hydrogen (secondary N) is 2. The minimum absolute atomic E-state index is 0.0896. The maximum atomic E-state index is 12.9. The second-order valence-electron chi connectivity index (χ2n) is 8.17. The van der Waals surface area contributed by atoms with Gasteiger partial charge in [-0.2, -0.15) is 0 Å². The molecule has 3 aromatic rings. The highest BCUT2D eigenvalue weighted by Gasteiger charge is 2.18. The minimum atomic E-state index is -0.0896. The van der Waals surface area contributed by atoms with Crippen LogP contribution in [0, 0.1) is 6.92 Å². The van der Waals surface area contributed by atoms with Crippen LogP contribution in [0.15, 0.2) is 53.3 Å². The van der Waals surface area contributed by atoms with Gasteiger partial charge in [-0.1, -0.05) is 30.3 Å². The van der Waals surface area contributed by atoms with E-state index in [-0.39, 0.29) is 5.56 Å². The summed E-state index contributed by atoms with van der Waals surface area (Å²) in [7, 11) is 1.64. The van der Waals surface area contributed by atoms with Gasteiger partial charge in [0.05, 0.1) is 38.1 Å². The van der Waals surface area contributed by atoms with Crippen LogP contribution in [0.5, 0.6) is 5.75 Å². The van der Waals surface area contributed by atoms with Crippen molar-refractivity contribution < 1.29 is 9.47 Å². The molecule has 0 radical (unpaired) electrons. The quantitative estimate of drug-likeness (QED) is 0.518. The molecule has 4 rings (SSSR count). The first-order valence-corrected chi connectivity index (χ1v) is 11.6. The molecule has 8 heteroatoms. The summed E-state index contributed by atoms with van der Waals surface area (Å²) in [5.74, 6) is 0.715. The number of thiocarbonyl (C=S) groups is 1. The Morgan fingerprint density at radius 2 is 2.00 bits per heavy atom. The van der Waals surface area contributed by atoms with Crippen LogP contribution in [0.4, 0.5) is 5.69 Å². The third kappa shape index (κ3) is 5.71. The minimum Gasteiger partial charge on any atom is -0.495 e. The fourth-order valence-corrected chi connectivity index (χ4v) is 4.30. The van der Waals surface area contributed by atoms with Crippen LogP contribution in [-0.4, -0.2) is 66.4 Å². The van der Waals surface area contributed by atoms with Crippen LogP contribution < -0.4 is 15.6 Å². The fraction of sp³-hybridized carbons (Fsp3) is 0.360. The SMILES string of the molecule is COc1ccccc1NC(=S)N(CCN1CCOCC1)Cc1cc2cccc(C)c2[nH]c1=O. The van der Waals surface area contributed by atoms with Gasteiger partial charge in [0, 0.05) is 31.7 Å². The molecule has 0 aliphatic carbocycles. The zero-order valence-electron chi connectivity index (χ0n) is 19.1. The first kappa shape index (κ1) is 23.2. The molecular weight excluding hydrogens is 436 g/mol. The summed E-state index contributed by atoms with van der Waals surface area (Å²) in [6, 6.07) is 15.7. The lowest BCUT2D eigenvalue weighted by atomic mass is 10.1. The maximum absolute atomic E-state index is 12.9. The molecule has 1 aliphatic rings. The molecule has 2 aromatic carbocycles. The number of hydrogen-bond donors (Lipinski definition) is 2. The van der Waals surface area contributed by atoms with Crippen molar-refractivity contribution in [2.75, 3.05) is 51.8 Å². The highest BCUT2D eigenvalue weighted by Crippen LogP contribution is 2.24. The van der Waals surface area contributed by atoms with Gasteiger partial charge in [0.25, 0.3) is 5.56 Å². The summed E-state index contributed by atoms with van der Waals surface area (Å²) in [5.41, 5.74) is 3.31. The second kappa shape index (κ2) is 10.8. The number of morpholine rings is 1. The number of ether oxygens (including phenoxy) is 2. The highest BCUT2D eigenvalue weighted by molar-refractivity contribution is 7.80. The van der Waals surface area contributed by atoms with Crippen molar-refractivity contribution in [3.63, 3.8) is 0 Å². The van der Waals surface area contributed by atoms with Crippen molar-refractivity contribution in [3.8, 4) is 5.75 Å². The first-order valence-electron chi connectivity index (χ1n) is 11.2. The molecule has 0 spiro atoms. The Balaban J connectivity index is 1.58. The number of methoxy groups -OCH3 is 1. The van der Waals surface area contributed by atoms with E-state index in [1.54, 1.807) is 7.11 Å². The molecule has 174 valence electrons. The van der Waals surface area contributed by atoms with Crippen molar-refractivity contribution in [1.29, 1.82) is 0 Å². The molecule has 0 unspecified atom stereocenters. The largest absolute Gasteiger partial charge is 0.495 e. The topological polar surface area (TPSA) is 69.8 Å². The normalized spacial score (nSPS) is 14.2. The fourth-order valence-electron chi connectivity index (χ4n) is 4.03. The molecule has 7 nitrogen and oxygen atoms in total. The number of benzene rings is 2. The van der Waals surface area contributed by atoms with Gasteiger partial charge >= 0.3 is 0 Å². The van der Waals surface area contributed by atoms with Crippen LogP contribution in [0.25, 0.3) is 10.9 Å². The zero-order valence-corrected chi connectivity index (χ0v) is 19.9. The van der Waals surface area contributed by atoms with Crippen molar-refractivity contribution >= 4 is 33.9 Å². The highest BCUT2D eigenvalue weighted by atomic mass is 32.1. The molecule has 1 saturated heterocycles. The van der Waals surface area contributed by atoms with Crippen molar-refractivity contribution in [3.05, 3.63) is 70.0 Å². The molecule has 33 heavy (non-hydrogen) atoms. The molecular formula is C25H30N4O3S. The Labute approximate surface area is 199 Å². The first-order chi connectivity index (χ1) is 16.0. The van der Waals surface area contributed by atoms with Gasteiger partial charge in [-0.05, 0) is 48.3 Å². The number of aromatic nitrogens is 1. The number of H-pyrrole nitrogens is 1. The standard InChI is InChI=1S/C25H30N4O3S/c1-18-6-5-7-19-16-20(24(30)27-23(18)19)17-29(11-10-28-12-14-32-15-13-28)25(33)26-21-8-3-4-9-22(21)31-2/h3-9,16H,10-15,17H2,1-2H3,(H,26,33)(H,27,30). The van der Waals surface area contributed by atoms with E-state index in [2.05, 4.69) is 15.2 Å². The molecule has 0 saturated carbocycles. The van der Waals surface area contributed by atoms with Gasteiger partial charge in [-0.15, -0.1) is 0 Å². The zero-order chi connectivity index (χ0) is 23.2. The predicted molar refractivity (Wildman–Crippen MR) is 136 cm³/mol. The monoisotopic (exact) mass is 466 g/mol. The van der Waals surface area contributed by atoms with E-state index in [0.717, 1.165) is 55.0 Å². The summed E-state index contributed by atoms with van der Waals surface area (Å²) in [6.45, 7) is 7.21. The molecule has 0 bridgehead atoms. The molecule has 1 aliphatic heterocycles. The molecule has 1 aromatic heterocycles. The van der Waals surface area contributed by atoms with Crippen LogP contribution in [-0.2, 0) is 11.3 Å². The Kier molecular flexibility index (Phi) is 7.59. The summed E-state index contributed by atoms with van der Waals surface area (Å²) in [4.78, 5) is 20.4. The van der Waals surface area contributed by atoms with E-state index >= 15 is 0 Å². The Morgan fingerprint density at radius 1 is 1.21 bits per heavy atom. The second-order valence-corrected chi connectivity index (χ2v) is 8.56. The molecule has 2 N–H and O–H groups in total. The summed E-state index contributed by atoms with van der Waals surface area (Å²) < 4.78 is 10.9. The average Bonchev–Trinajstić information content (AvgIpc) is 2.83. The number of pyridine rings is 1. The van der Waals surface area contributed by atoms with Crippen molar-refractivity contribution in [2.45, 2.75) is 13.5 Å². The lowest BCUT2D eigenvalue weighted by molar-refractivity contribution is 0.0358. The van der Waals surface area contributed by atoms with Crippen LogP contribution in [0.3, 0.4) is 0 Å². The predicted octanol–water partition coefficient (Wildman–Crippen LogP) is 3.38. The maximum Gasteiger partial charge on any atom is 0.253 e. The van der Waals surface area contributed by atoms with Gasteiger partial charge in [-0.25, -0.2) is 0 Å². The molecule has 1 fully saturated rings.